The molecule has 0 aliphatic carbocycles. The maximum atomic E-state index is 4.63. The van der Waals surface area contributed by atoms with Crippen molar-refractivity contribution < 1.29 is 0 Å². The molecule has 0 radical (unpaired) electrons. The molecule has 2 aromatic carbocycles. The van der Waals surface area contributed by atoms with Gasteiger partial charge in [0.05, 0.1) is 12.4 Å². The summed E-state index contributed by atoms with van der Waals surface area (Å²) in [6.45, 7) is 3.70. The molecule has 0 spiro atoms. The molecule has 0 atom stereocenters. The zero-order valence-corrected chi connectivity index (χ0v) is 11.6. The zero-order valence-electron chi connectivity index (χ0n) is 11.6. The summed E-state index contributed by atoms with van der Waals surface area (Å²) in [7, 11) is 2.08. The standard InChI is InChI=1S/C17H20N2/c1-15(18-13-16-9-5-3-6-10-16)19(2)14-17-11-7-4-8-12-17/h3-12H,13-14H2,1-2H3. The van der Waals surface area contributed by atoms with E-state index in [2.05, 4.69) is 60.3 Å². The minimum absolute atomic E-state index is 0.742. The largest absolute Gasteiger partial charge is 0.359 e. The molecule has 2 heteroatoms. The summed E-state index contributed by atoms with van der Waals surface area (Å²) in [5.74, 6) is 1.06. The number of aliphatic imine (C=N–C) groups is 1. The van der Waals surface area contributed by atoms with Crippen LogP contribution in [0.25, 0.3) is 0 Å². The van der Waals surface area contributed by atoms with E-state index < -0.39 is 0 Å². The van der Waals surface area contributed by atoms with Crippen LogP contribution in [0.4, 0.5) is 0 Å². The predicted octanol–water partition coefficient (Wildman–Crippen LogP) is 3.74. The van der Waals surface area contributed by atoms with E-state index in [9.17, 15) is 0 Å². The Morgan fingerprint density at radius 2 is 1.42 bits per heavy atom. The summed E-state index contributed by atoms with van der Waals surface area (Å²) >= 11 is 0. The monoisotopic (exact) mass is 252 g/mol. The summed E-state index contributed by atoms with van der Waals surface area (Å²) in [5, 5.41) is 0. The Bertz CT molecular complexity index is 517. The Labute approximate surface area is 115 Å². The second-order valence-corrected chi connectivity index (χ2v) is 4.69. The molecule has 98 valence electrons. The quantitative estimate of drug-likeness (QED) is 0.598. The molecule has 2 aromatic rings. The van der Waals surface area contributed by atoms with Crippen LogP contribution in [-0.4, -0.2) is 17.8 Å². The van der Waals surface area contributed by atoms with Gasteiger partial charge in [-0.05, 0) is 18.1 Å². The van der Waals surface area contributed by atoms with E-state index in [-0.39, 0.29) is 0 Å². The van der Waals surface area contributed by atoms with Crippen molar-refractivity contribution in [2.75, 3.05) is 7.05 Å². The van der Waals surface area contributed by atoms with Gasteiger partial charge in [0.25, 0.3) is 0 Å². The lowest BCUT2D eigenvalue weighted by Crippen LogP contribution is -2.23. The highest BCUT2D eigenvalue weighted by molar-refractivity contribution is 5.79. The topological polar surface area (TPSA) is 15.6 Å². The average Bonchev–Trinajstić information content (AvgIpc) is 2.47. The van der Waals surface area contributed by atoms with Gasteiger partial charge in [-0.2, -0.15) is 0 Å². The lowest BCUT2D eigenvalue weighted by molar-refractivity contribution is 0.495. The summed E-state index contributed by atoms with van der Waals surface area (Å²) in [4.78, 5) is 6.81. The van der Waals surface area contributed by atoms with E-state index in [1.807, 2.05) is 24.3 Å². The van der Waals surface area contributed by atoms with Gasteiger partial charge in [-0.15, -0.1) is 0 Å². The highest BCUT2D eigenvalue weighted by Gasteiger charge is 2.01. The van der Waals surface area contributed by atoms with E-state index in [0.717, 1.165) is 18.9 Å². The van der Waals surface area contributed by atoms with Crippen LogP contribution in [0.3, 0.4) is 0 Å². The van der Waals surface area contributed by atoms with Crippen LogP contribution in [0.5, 0.6) is 0 Å². The van der Waals surface area contributed by atoms with Gasteiger partial charge in [0.15, 0.2) is 0 Å². The second kappa shape index (κ2) is 6.74. The van der Waals surface area contributed by atoms with Gasteiger partial charge >= 0.3 is 0 Å². The first-order chi connectivity index (χ1) is 9.25. The van der Waals surface area contributed by atoms with Crippen molar-refractivity contribution in [3.05, 3.63) is 71.8 Å². The number of hydrogen-bond donors (Lipinski definition) is 0. The molecule has 0 heterocycles. The fourth-order valence-corrected chi connectivity index (χ4v) is 1.88. The maximum absolute atomic E-state index is 4.63. The Kier molecular flexibility index (Phi) is 4.73. The zero-order chi connectivity index (χ0) is 13.5. The fraction of sp³-hybridized carbons (Fsp3) is 0.235. The number of amidine groups is 1. The van der Waals surface area contributed by atoms with Crippen molar-refractivity contribution in [3.63, 3.8) is 0 Å². The van der Waals surface area contributed by atoms with Gasteiger partial charge < -0.3 is 4.90 Å². The minimum atomic E-state index is 0.742. The maximum Gasteiger partial charge on any atom is 0.0962 e. The molecular weight excluding hydrogens is 232 g/mol. The van der Waals surface area contributed by atoms with Crippen molar-refractivity contribution in [3.8, 4) is 0 Å². The molecular formula is C17H20N2. The molecule has 2 nitrogen and oxygen atoms in total. The van der Waals surface area contributed by atoms with E-state index in [1.165, 1.54) is 11.1 Å². The molecule has 19 heavy (non-hydrogen) atoms. The fourth-order valence-electron chi connectivity index (χ4n) is 1.88. The van der Waals surface area contributed by atoms with Crippen LogP contribution in [0.15, 0.2) is 65.7 Å². The average molecular weight is 252 g/mol. The Balaban J connectivity index is 1.93. The van der Waals surface area contributed by atoms with E-state index in [4.69, 9.17) is 0 Å². The molecule has 2 rings (SSSR count). The predicted molar refractivity (Wildman–Crippen MR) is 81.2 cm³/mol. The smallest absolute Gasteiger partial charge is 0.0962 e. The van der Waals surface area contributed by atoms with Gasteiger partial charge in [0.1, 0.15) is 0 Å². The van der Waals surface area contributed by atoms with Crippen LogP contribution in [0, 0.1) is 0 Å². The SMILES string of the molecule is CC(=NCc1ccccc1)N(C)Cc1ccccc1. The van der Waals surface area contributed by atoms with Gasteiger partial charge in [-0.25, -0.2) is 0 Å². The van der Waals surface area contributed by atoms with E-state index in [0.29, 0.717) is 0 Å². The van der Waals surface area contributed by atoms with Crippen molar-refractivity contribution in [2.45, 2.75) is 20.0 Å². The lowest BCUT2D eigenvalue weighted by Gasteiger charge is -2.18. The number of rotatable bonds is 4. The highest BCUT2D eigenvalue weighted by Crippen LogP contribution is 2.05. The third-order valence-corrected chi connectivity index (χ3v) is 3.15. The first-order valence-electron chi connectivity index (χ1n) is 6.56. The third kappa shape index (κ3) is 4.25. The molecule has 0 N–H and O–H groups in total. The first-order valence-corrected chi connectivity index (χ1v) is 6.56. The summed E-state index contributed by atoms with van der Waals surface area (Å²) in [6.07, 6.45) is 0. The highest BCUT2D eigenvalue weighted by atomic mass is 15.2. The molecule has 0 aliphatic heterocycles. The van der Waals surface area contributed by atoms with Crippen molar-refractivity contribution in [1.29, 1.82) is 0 Å². The molecule has 0 saturated heterocycles. The first kappa shape index (κ1) is 13.3. The third-order valence-electron chi connectivity index (χ3n) is 3.15. The van der Waals surface area contributed by atoms with Crippen molar-refractivity contribution in [2.24, 2.45) is 4.99 Å². The molecule has 0 bridgehead atoms. The Morgan fingerprint density at radius 1 is 0.895 bits per heavy atom. The Hall–Kier alpha value is -2.09. The molecule has 0 fully saturated rings. The normalized spacial score (nSPS) is 11.4. The van der Waals surface area contributed by atoms with Crippen LogP contribution in [-0.2, 0) is 13.1 Å². The number of nitrogens with zero attached hydrogens (tertiary/aromatic N) is 2. The van der Waals surface area contributed by atoms with Crippen LogP contribution in [0.1, 0.15) is 18.1 Å². The number of hydrogen-bond acceptors (Lipinski definition) is 1. The van der Waals surface area contributed by atoms with Gasteiger partial charge in [0, 0.05) is 13.6 Å². The Morgan fingerprint density at radius 3 is 2.00 bits per heavy atom. The van der Waals surface area contributed by atoms with Gasteiger partial charge in [-0.1, -0.05) is 60.7 Å². The van der Waals surface area contributed by atoms with Crippen LogP contribution >= 0.6 is 0 Å². The molecule has 0 aromatic heterocycles. The van der Waals surface area contributed by atoms with Crippen LogP contribution < -0.4 is 0 Å². The van der Waals surface area contributed by atoms with Crippen molar-refractivity contribution in [1.82, 2.24) is 4.90 Å². The lowest BCUT2D eigenvalue weighted by atomic mass is 10.2. The second-order valence-electron chi connectivity index (χ2n) is 4.69. The summed E-state index contributed by atoms with van der Waals surface area (Å²) in [6, 6.07) is 20.8. The van der Waals surface area contributed by atoms with E-state index >= 15 is 0 Å². The van der Waals surface area contributed by atoms with Crippen LogP contribution in [0.2, 0.25) is 0 Å². The minimum Gasteiger partial charge on any atom is -0.359 e. The summed E-state index contributed by atoms with van der Waals surface area (Å²) < 4.78 is 0. The molecule has 0 unspecified atom stereocenters. The molecule has 0 amide bonds. The molecule has 0 aliphatic rings. The van der Waals surface area contributed by atoms with E-state index in [1.54, 1.807) is 0 Å². The number of benzene rings is 2. The van der Waals surface area contributed by atoms with Crippen molar-refractivity contribution >= 4 is 5.84 Å². The van der Waals surface area contributed by atoms with Gasteiger partial charge in [-0.3, -0.25) is 4.99 Å². The summed E-state index contributed by atoms with van der Waals surface area (Å²) in [5.41, 5.74) is 2.55. The van der Waals surface area contributed by atoms with Gasteiger partial charge in [0.2, 0.25) is 0 Å². The molecule has 0 saturated carbocycles.